The van der Waals surface area contributed by atoms with Gasteiger partial charge in [0.2, 0.25) is 0 Å². The molecule has 1 saturated carbocycles. The molecule has 1 atom stereocenters. The number of aliphatic imine (C=N–C) groups is 1. The summed E-state index contributed by atoms with van der Waals surface area (Å²) in [5, 5.41) is 10.5. The molecule has 0 unspecified atom stereocenters. The van der Waals surface area contributed by atoms with Crippen molar-refractivity contribution in [2.24, 2.45) is 27.5 Å². The molecule has 1 aliphatic heterocycles. The van der Waals surface area contributed by atoms with Crippen LogP contribution in [0.3, 0.4) is 0 Å². The molecular weight excluding hydrogens is 548 g/mol. The number of halogens is 1. The fourth-order valence-electron chi connectivity index (χ4n) is 6.22. The summed E-state index contributed by atoms with van der Waals surface area (Å²) in [7, 11) is 0. The van der Waals surface area contributed by atoms with Gasteiger partial charge in [-0.15, -0.1) is 0 Å². The van der Waals surface area contributed by atoms with Gasteiger partial charge in [-0.1, -0.05) is 65.3 Å². The van der Waals surface area contributed by atoms with Crippen molar-refractivity contribution >= 4 is 35.0 Å². The van der Waals surface area contributed by atoms with Gasteiger partial charge in [0.15, 0.2) is 0 Å². The van der Waals surface area contributed by atoms with Crippen LogP contribution in [0.15, 0.2) is 47.7 Å². The van der Waals surface area contributed by atoms with E-state index < -0.39 is 5.66 Å². The van der Waals surface area contributed by atoms with Crippen molar-refractivity contribution in [1.29, 1.82) is 5.41 Å². The van der Waals surface area contributed by atoms with Crippen LogP contribution >= 0.6 is 11.6 Å². The molecule has 8 nitrogen and oxygen atoms in total. The first kappa shape index (κ1) is 31.7. The molecule has 0 saturated heterocycles. The molecule has 2 aromatic rings. The van der Waals surface area contributed by atoms with Gasteiger partial charge in [0, 0.05) is 23.5 Å². The molecule has 2 aliphatic rings. The van der Waals surface area contributed by atoms with Crippen molar-refractivity contribution in [3.8, 4) is 0 Å². The van der Waals surface area contributed by atoms with Crippen molar-refractivity contribution in [3.63, 3.8) is 0 Å². The molecule has 1 spiro atoms. The summed E-state index contributed by atoms with van der Waals surface area (Å²) in [6.07, 6.45) is 8.43. The average molecular weight is 593 g/mol. The van der Waals surface area contributed by atoms with E-state index in [1.54, 1.807) is 30.6 Å². The van der Waals surface area contributed by atoms with E-state index in [0.717, 1.165) is 44.1 Å². The van der Waals surface area contributed by atoms with Gasteiger partial charge in [-0.05, 0) is 79.0 Å². The predicted octanol–water partition coefficient (Wildman–Crippen LogP) is 6.53. The van der Waals surface area contributed by atoms with Crippen molar-refractivity contribution in [2.45, 2.75) is 91.8 Å². The maximum absolute atomic E-state index is 14.5. The Labute approximate surface area is 255 Å². The van der Waals surface area contributed by atoms with E-state index in [2.05, 4.69) is 51.8 Å². The molecule has 1 aromatic heterocycles. The fourth-order valence-corrected chi connectivity index (χ4v) is 6.40. The lowest BCUT2D eigenvalue weighted by molar-refractivity contribution is -0.134. The number of nitrogens with one attached hydrogen (secondary N) is 2. The van der Waals surface area contributed by atoms with Gasteiger partial charge >= 0.3 is 0 Å². The zero-order chi connectivity index (χ0) is 30.9. The van der Waals surface area contributed by atoms with Crippen LogP contribution in [0, 0.1) is 22.2 Å². The first-order valence-electron chi connectivity index (χ1n) is 14.9. The minimum atomic E-state index is -0.656. The smallest absolute Gasteiger partial charge is 0.275 e. The van der Waals surface area contributed by atoms with Gasteiger partial charge in [0.1, 0.15) is 17.2 Å². The molecule has 9 heteroatoms. The molecule has 0 radical (unpaired) electrons. The van der Waals surface area contributed by atoms with Gasteiger partial charge in [0.25, 0.3) is 11.8 Å². The first-order chi connectivity index (χ1) is 19.6. The van der Waals surface area contributed by atoms with Gasteiger partial charge in [-0.25, -0.2) is 0 Å². The number of amides is 2. The summed E-state index contributed by atoms with van der Waals surface area (Å²) in [5.74, 6) is 0.0479. The summed E-state index contributed by atoms with van der Waals surface area (Å²) >= 11 is 6.30. The largest absolute Gasteiger partial charge is 0.386 e. The summed E-state index contributed by atoms with van der Waals surface area (Å²) in [6.45, 7) is 13.5. The van der Waals surface area contributed by atoms with E-state index in [9.17, 15) is 9.59 Å². The Bertz CT molecular complexity index is 1350. The number of benzene rings is 1. The average Bonchev–Trinajstić information content (AvgIpc) is 3.18. The first-order valence-corrected chi connectivity index (χ1v) is 15.2. The predicted molar refractivity (Wildman–Crippen MR) is 169 cm³/mol. The highest BCUT2D eigenvalue weighted by atomic mass is 35.5. The van der Waals surface area contributed by atoms with E-state index in [1.165, 1.54) is 0 Å². The Kier molecular flexibility index (Phi) is 9.17. The van der Waals surface area contributed by atoms with Gasteiger partial charge in [0.05, 0.1) is 17.6 Å². The molecule has 4 rings (SSSR count). The third-order valence-electron chi connectivity index (χ3n) is 8.66. The number of hydrogen-bond acceptors (Lipinski definition) is 5. The summed E-state index contributed by atoms with van der Waals surface area (Å²) in [6, 6.07) is 8.98. The van der Waals surface area contributed by atoms with Crippen molar-refractivity contribution in [2.75, 3.05) is 6.54 Å². The topological polar surface area (TPSA) is 125 Å². The van der Waals surface area contributed by atoms with Crippen LogP contribution < -0.4 is 11.1 Å². The number of pyridine rings is 1. The second kappa shape index (κ2) is 12.2. The number of amidine groups is 1. The van der Waals surface area contributed by atoms with Gasteiger partial charge < -0.3 is 16.0 Å². The molecule has 1 fully saturated rings. The van der Waals surface area contributed by atoms with Crippen LogP contribution in [0.4, 0.5) is 0 Å². The number of rotatable bonds is 8. The number of carbonyl (C=O) groups is 2. The summed E-state index contributed by atoms with van der Waals surface area (Å²) in [4.78, 5) is 38.6. The van der Waals surface area contributed by atoms with E-state index in [4.69, 9.17) is 27.7 Å². The van der Waals surface area contributed by atoms with Crippen LogP contribution in [0.5, 0.6) is 0 Å². The Balaban J connectivity index is 1.75. The number of nitrogens with zero attached hydrogens (tertiary/aromatic N) is 3. The summed E-state index contributed by atoms with van der Waals surface area (Å²) < 4.78 is 0. The SMILES string of the molecule is CC(C)(C)CC[C@H](c1ccc(C(=O)NCC(=N)N)cc1)N1C(=O)C(c2cncc(Cl)c2)=NC12CCC(C(C)(C)C)CC2. The number of aromatic nitrogens is 1. The third kappa shape index (κ3) is 7.20. The second-order valence-corrected chi connectivity index (χ2v) is 14.5. The third-order valence-corrected chi connectivity index (χ3v) is 8.86. The Morgan fingerprint density at radius 1 is 1.14 bits per heavy atom. The molecule has 42 heavy (non-hydrogen) atoms. The normalized spacial score (nSPS) is 21.8. The van der Waals surface area contributed by atoms with Crippen LogP contribution in [0.25, 0.3) is 0 Å². The Morgan fingerprint density at radius 3 is 2.33 bits per heavy atom. The van der Waals surface area contributed by atoms with E-state index in [-0.39, 0.29) is 41.1 Å². The van der Waals surface area contributed by atoms with E-state index in [0.29, 0.717) is 27.8 Å². The fraction of sp³-hybridized carbons (Fsp3) is 0.545. The monoisotopic (exact) mass is 592 g/mol. The standard InChI is InChI=1S/C33H45ClN6O2/c1-31(2,3)14-13-26(21-7-9-22(10-8-21)29(41)38-20-27(35)36)40-30(42)28(23-17-25(34)19-37-18-23)39-33(40)15-11-24(12-16-33)32(4,5)6/h7-10,17-19,24,26H,11-16,20H2,1-6H3,(H3,35,36)(H,38,41)/t24?,26-,33?/m1/s1. The molecule has 1 aliphatic carbocycles. The lowest BCUT2D eigenvalue weighted by atomic mass is 9.69. The Morgan fingerprint density at radius 2 is 1.79 bits per heavy atom. The second-order valence-electron chi connectivity index (χ2n) is 14.1. The van der Waals surface area contributed by atoms with Crippen LogP contribution in [0.2, 0.25) is 5.02 Å². The van der Waals surface area contributed by atoms with Crippen LogP contribution in [-0.4, -0.2) is 45.5 Å². The highest BCUT2D eigenvalue weighted by molar-refractivity contribution is 6.47. The zero-order valence-electron chi connectivity index (χ0n) is 25.8. The summed E-state index contributed by atoms with van der Waals surface area (Å²) in [5.41, 5.74) is 7.49. The number of hydrogen-bond donors (Lipinski definition) is 3. The molecule has 0 bridgehead atoms. The van der Waals surface area contributed by atoms with Crippen LogP contribution in [0.1, 0.15) is 108 Å². The quantitative estimate of drug-likeness (QED) is 0.238. The number of carbonyl (C=O) groups excluding carboxylic acids is 2. The molecule has 4 N–H and O–H groups in total. The maximum Gasteiger partial charge on any atom is 0.275 e. The number of nitrogens with two attached hydrogens (primary N) is 1. The van der Waals surface area contributed by atoms with Crippen LogP contribution in [-0.2, 0) is 4.79 Å². The van der Waals surface area contributed by atoms with Crippen molar-refractivity contribution in [1.82, 2.24) is 15.2 Å². The molecule has 226 valence electrons. The molecular formula is C33H45ClN6O2. The van der Waals surface area contributed by atoms with Crippen molar-refractivity contribution in [3.05, 3.63) is 64.4 Å². The molecule has 2 heterocycles. The zero-order valence-corrected chi connectivity index (χ0v) is 26.5. The Hall–Kier alpha value is -3.26. The highest BCUT2D eigenvalue weighted by Crippen LogP contribution is 2.50. The van der Waals surface area contributed by atoms with E-state index >= 15 is 0 Å². The maximum atomic E-state index is 14.5. The lowest BCUT2D eigenvalue weighted by Gasteiger charge is -2.47. The molecule has 2 amide bonds. The highest BCUT2D eigenvalue weighted by Gasteiger charge is 2.52. The van der Waals surface area contributed by atoms with Gasteiger partial charge in [-0.2, -0.15) is 0 Å². The molecule has 1 aromatic carbocycles. The van der Waals surface area contributed by atoms with E-state index in [1.807, 2.05) is 17.0 Å². The van der Waals surface area contributed by atoms with Gasteiger partial charge in [-0.3, -0.25) is 25.0 Å². The minimum Gasteiger partial charge on any atom is -0.386 e. The van der Waals surface area contributed by atoms with Crippen molar-refractivity contribution < 1.29 is 9.59 Å². The lowest BCUT2D eigenvalue weighted by Crippen LogP contribution is -2.51. The minimum absolute atomic E-state index is 0.00632.